The van der Waals surface area contributed by atoms with E-state index in [0.717, 1.165) is 18.4 Å². The van der Waals surface area contributed by atoms with Gasteiger partial charge in [0.2, 0.25) is 5.91 Å². The van der Waals surface area contributed by atoms with Gasteiger partial charge in [-0.2, -0.15) is 5.10 Å². The van der Waals surface area contributed by atoms with E-state index in [0.29, 0.717) is 17.3 Å². The average Bonchev–Trinajstić information content (AvgIpc) is 3.16. The maximum atomic E-state index is 12.5. The minimum atomic E-state index is -0.983. The van der Waals surface area contributed by atoms with E-state index in [-0.39, 0.29) is 12.5 Å². The van der Waals surface area contributed by atoms with Gasteiger partial charge in [-0.05, 0) is 30.9 Å². The molecule has 0 bridgehead atoms. The summed E-state index contributed by atoms with van der Waals surface area (Å²) in [4.78, 5) is 23.2. The molecule has 0 aliphatic heterocycles. The Bertz CT molecular complexity index is 753. The third kappa shape index (κ3) is 3.53. The van der Waals surface area contributed by atoms with E-state index in [1.807, 2.05) is 24.3 Å². The number of nitrogens with zero attached hydrogens (tertiary/aromatic N) is 2. The molecular formula is C16H16ClN3O3. The Balaban J connectivity index is 1.67. The zero-order valence-corrected chi connectivity index (χ0v) is 13.1. The van der Waals surface area contributed by atoms with Crippen LogP contribution in [0.25, 0.3) is 0 Å². The van der Waals surface area contributed by atoms with Crippen molar-refractivity contribution >= 4 is 29.3 Å². The first-order chi connectivity index (χ1) is 11.0. The minimum Gasteiger partial charge on any atom is -0.480 e. The highest BCUT2D eigenvalue weighted by Crippen LogP contribution is 2.49. The molecular weight excluding hydrogens is 318 g/mol. The van der Waals surface area contributed by atoms with Crippen molar-refractivity contribution in [3.05, 3.63) is 47.1 Å². The first-order valence-corrected chi connectivity index (χ1v) is 7.66. The SMILES string of the molecule is O=C(O)Cn1ccc(NC(=O)C2(Cc3ccccc3Cl)CC2)n1. The molecule has 120 valence electrons. The van der Waals surface area contributed by atoms with Gasteiger partial charge in [0.05, 0.1) is 5.41 Å². The Labute approximate surface area is 138 Å². The van der Waals surface area contributed by atoms with Crippen LogP contribution in [0.4, 0.5) is 5.82 Å². The summed E-state index contributed by atoms with van der Waals surface area (Å²) < 4.78 is 1.27. The lowest BCUT2D eigenvalue weighted by atomic mass is 9.95. The van der Waals surface area contributed by atoms with Crippen molar-refractivity contribution in [1.29, 1.82) is 0 Å². The van der Waals surface area contributed by atoms with Crippen molar-refractivity contribution in [2.45, 2.75) is 25.8 Å². The molecule has 1 aliphatic rings. The van der Waals surface area contributed by atoms with Gasteiger partial charge >= 0.3 is 5.97 Å². The topological polar surface area (TPSA) is 84.2 Å². The van der Waals surface area contributed by atoms with Gasteiger partial charge in [0, 0.05) is 17.3 Å². The molecule has 0 saturated heterocycles. The highest BCUT2D eigenvalue weighted by Gasteiger charge is 2.50. The number of carbonyl (C=O) groups excluding carboxylic acids is 1. The normalized spacial score (nSPS) is 15.2. The van der Waals surface area contributed by atoms with Gasteiger partial charge in [-0.3, -0.25) is 14.3 Å². The number of benzene rings is 1. The van der Waals surface area contributed by atoms with E-state index in [4.69, 9.17) is 16.7 Å². The summed E-state index contributed by atoms with van der Waals surface area (Å²) in [5.41, 5.74) is 0.514. The molecule has 1 amide bonds. The fourth-order valence-electron chi connectivity index (χ4n) is 2.55. The number of hydrogen-bond acceptors (Lipinski definition) is 3. The van der Waals surface area contributed by atoms with Crippen molar-refractivity contribution in [3.63, 3.8) is 0 Å². The second kappa shape index (κ2) is 6.04. The van der Waals surface area contributed by atoms with Crippen molar-refractivity contribution < 1.29 is 14.7 Å². The number of rotatable bonds is 6. The van der Waals surface area contributed by atoms with Gasteiger partial charge in [0.15, 0.2) is 5.82 Å². The standard InChI is InChI=1S/C16H16ClN3O3/c17-12-4-2-1-3-11(12)9-16(6-7-16)15(23)18-13-5-8-20(19-13)10-14(21)22/h1-5,8H,6-7,9-10H2,(H,21,22)(H,18,19,23). The predicted octanol–water partition coefficient (Wildman–Crippen LogP) is 2.58. The van der Waals surface area contributed by atoms with E-state index < -0.39 is 11.4 Å². The number of carbonyl (C=O) groups is 2. The van der Waals surface area contributed by atoms with E-state index >= 15 is 0 Å². The molecule has 0 atom stereocenters. The van der Waals surface area contributed by atoms with Crippen LogP contribution in [0.1, 0.15) is 18.4 Å². The van der Waals surface area contributed by atoms with Crippen LogP contribution in [0.5, 0.6) is 0 Å². The van der Waals surface area contributed by atoms with Gasteiger partial charge < -0.3 is 10.4 Å². The zero-order chi connectivity index (χ0) is 16.4. The lowest BCUT2D eigenvalue weighted by Crippen LogP contribution is -2.26. The maximum Gasteiger partial charge on any atom is 0.325 e. The average molecular weight is 334 g/mol. The van der Waals surface area contributed by atoms with Crippen LogP contribution in [0.3, 0.4) is 0 Å². The Kier molecular flexibility index (Phi) is 4.09. The molecule has 1 aromatic carbocycles. The summed E-state index contributed by atoms with van der Waals surface area (Å²) in [6.07, 6.45) is 3.73. The van der Waals surface area contributed by atoms with E-state index in [1.165, 1.54) is 10.9 Å². The Morgan fingerprint density at radius 3 is 2.70 bits per heavy atom. The maximum absolute atomic E-state index is 12.5. The number of carboxylic acids is 1. The number of aliphatic carboxylic acids is 1. The number of amides is 1. The molecule has 1 fully saturated rings. The first kappa shape index (κ1) is 15.6. The Morgan fingerprint density at radius 2 is 2.04 bits per heavy atom. The number of aromatic nitrogens is 2. The number of halogens is 1. The summed E-state index contributed by atoms with van der Waals surface area (Å²) in [5.74, 6) is -0.719. The third-order valence-corrected chi connectivity index (χ3v) is 4.37. The molecule has 0 unspecified atom stereocenters. The van der Waals surface area contributed by atoms with Gasteiger partial charge in [0.1, 0.15) is 6.54 Å². The highest BCUT2D eigenvalue weighted by atomic mass is 35.5. The summed E-state index contributed by atoms with van der Waals surface area (Å²) in [7, 11) is 0. The molecule has 1 heterocycles. The fraction of sp³-hybridized carbons (Fsp3) is 0.312. The van der Waals surface area contributed by atoms with Crippen LogP contribution >= 0.6 is 11.6 Å². The van der Waals surface area contributed by atoms with E-state index in [9.17, 15) is 9.59 Å². The molecule has 1 aromatic heterocycles. The lowest BCUT2D eigenvalue weighted by Gasteiger charge is -2.15. The second-order valence-corrected chi connectivity index (χ2v) is 6.20. The second-order valence-electron chi connectivity index (χ2n) is 5.79. The van der Waals surface area contributed by atoms with Gasteiger partial charge in [0.25, 0.3) is 0 Å². The summed E-state index contributed by atoms with van der Waals surface area (Å²) in [6.45, 7) is -0.235. The molecule has 7 heteroatoms. The number of hydrogen-bond donors (Lipinski definition) is 2. The monoisotopic (exact) mass is 333 g/mol. The van der Waals surface area contributed by atoms with Crippen LogP contribution in [-0.2, 0) is 22.6 Å². The molecule has 1 aliphatic carbocycles. The van der Waals surface area contributed by atoms with Crippen molar-refractivity contribution in [1.82, 2.24) is 9.78 Å². The quantitative estimate of drug-likeness (QED) is 0.851. The molecule has 0 spiro atoms. The predicted molar refractivity (Wildman–Crippen MR) is 85.3 cm³/mol. The first-order valence-electron chi connectivity index (χ1n) is 7.29. The summed E-state index contributed by atoms with van der Waals surface area (Å²) in [5, 5.41) is 16.2. The summed E-state index contributed by atoms with van der Waals surface area (Å²) >= 11 is 6.17. The van der Waals surface area contributed by atoms with Crippen LogP contribution in [0.2, 0.25) is 5.02 Å². The van der Waals surface area contributed by atoms with Crippen LogP contribution < -0.4 is 5.32 Å². The van der Waals surface area contributed by atoms with Gasteiger partial charge in [-0.1, -0.05) is 29.8 Å². The van der Waals surface area contributed by atoms with Crippen LogP contribution in [-0.4, -0.2) is 26.8 Å². The molecule has 3 rings (SSSR count). The molecule has 0 radical (unpaired) electrons. The minimum absolute atomic E-state index is 0.0991. The Morgan fingerprint density at radius 1 is 1.30 bits per heavy atom. The Hall–Kier alpha value is -2.34. The van der Waals surface area contributed by atoms with Crippen molar-refractivity contribution in [2.24, 2.45) is 5.41 Å². The fourth-order valence-corrected chi connectivity index (χ4v) is 2.75. The zero-order valence-electron chi connectivity index (χ0n) is 12.3. The van der Waals surface area contributed by atoms with Crippen molar-refractivity contribution in [2.75, 3.05) is 5.32 Å². The van der Waals surface area contributed by atoms with Gasteiger partial charge in [-0.25, -0.2) is 0 Å². The molecule has 2 N–H and O–H groups in total. The number of nitrogens with one attached hydrogen (secondary N) is 1. The number of anilines is 1. The lowest BCUT2D eigenvalue weighted by molar-refractivity contribution is -0.137. The third-order valence-electron chi connectivity index (χ3n) is 4.00. The van der Waals surface area contributed by atoms with Crippen LogP contribution in [0.15, 0.2) is 36.5 Å². The smallest absolute Gasteiger partial charge is 0.325 e. The van der Waals surface area contributed by atoms with Gasteiger partial charge in [-0.15, -0.1) is 0 Å². The molecule has 2 aromatic rings. The number of carboxylic acid groups (broad SMARTS) is 1. The largest absolute Gasteiger partial charge is 0.480 e. The molecule has 1 saturated carbocycles. The molecule has 6 nitrogen and oxygen atoms in total. The van der Waals surface area contributed by atoms with E-state index in [2.05, 4.69) is 10.4 Å². The van der Waals surface area contributed by atoms with E-state index in [1.54, 1.807) is 6.07 Å². The summed E-state index contributed by atoms with van der Waals surface area (Å²) in [6, 6.07) is 9.10. The highest BCUT2D eigenvalue weighted by molar-refractivity contribution is 6.31. The molecule has 23 heavy (non-hydrogen) atoms. The van der Waals surface area contributed by atoms with Crippen molar-refractivity contribution in [3.8, 4) is 0 Å². The van der Waals surface area contributed by atoms with Crippen LogP contribution in [0, 0.1) is 5.41 Å².